The fourth-order valence-electron chi connectivity index (χ4n) is 0.686. The minimum atomic E-state index is -3.23. The van der Waals surface area contributed by atoms with Gasteiger partial charge in [-0.25, -0.2) is 15.0 Å². The molecule has 0 aliphatic carbocycles. The molecule has 0 fully saturated rings. The molecule has 0 radical (unpaired) electrons. The Labute approximate surface area is 78.2 Å². The van der Waals surface area contributed by atoms with Crippen LogP contribution in [0.5, 0.6) is 0 Å². The summed E-state index contributed by atoms with van der Waals surface area (Å²) in [6, 6.07) is 0. The highest BCUT2D eigenvalue weighted by Gasteiger charge is 2.30. The molecule has 8 nitrogen and oxygen atoms in total. The van der Waals surface area contributed by atoms with Crippen molar-refractivity contribution in [1.29, 1.82) is 0 Å². The van der Waals surface area contributed by atoms with E-state index in [4.69, 9.17) is 25.5 Å². The van der Waals surface area contributed by atoms with Crippen molar-refractivity contribution >= 4 is 0 Å². The van der Waals surface area contributed by atoms with Crippen molar-refractivity contribution < 1.29 is 25.5 Å². The first-order chi connectivity index (χ1) is 6.21. The molecular weight excluding hydrogens is 194 g/mol. The number of hydrogen-bond acceptors (Lipinski definition) is 8. The molecule has 0 aromatic carbocycles. The van der Waals surface area contributed by atoms with Gasteiger partial charge in [0.05, 0.1) is 0 Å². The highest BCUT2D eigenvalue weighted by molar-refractivity contribution is 4.97. The lowest BCUT2D eigenvalue weighted by molar-refractivity contribution is -0.329. The summed E-state index contributed by atoms with van der Waals surface area (Å²) in [5, 5.41) is 44.1. The van der Waals surface area contributed by atoms with Gasteiger partial charge in [-0.1, -0.05) is 0 Å². The largest absolute Gasteiger partial charge is 0.360 e. The van der Waals surface area contributed by atoms with E-state index in [1.165, 1.54) is 0 Å². The number of aromatic nitrogens is 3. The Morgan fingerprint density at radius 3 is 1.93 bits per heavy atom. The molecule has 14 heavy (non-hydrogen) atoms. The number of rotatable bonds is 2. The second kappa shape index (κ2) is 3.19. The molecule has 78 valence electrons. The van der Waals surface area contributed by atoms with Gasteiger partial charge in [0.1, 0.15) is 6.33 Å². The van der Waals surface area contributed by atoms with E-state index in [0.717, 1.165) is 13.3 Å². The van der Waals surface area contributed by atoms with Crippen molar-refractivity contribution in [2.75, 3.05) is 0 Å². The van der Waals surface area contributed by atoms with E-state index in [1.54, 1.807) is 0 Å². The Kier molecular flexibility index (Phi) is 2.48. The van der Waals surface area contributed by atoms with Gasteiger partial charge < -0.3 is 25.5 Å². The molecule has 0 spiro atoms. The molecule has 0 bridgehead atoms. The summed E-state index contributed by atoms with van der Waals surface area (Å²) >= 11 is 0. The molecule has 0 unspecified atom stereocenters. The van der Waals surface area contributed by atoms with Gasteiger partial charge in [0, 0.05) is 0 Å². The minimum absolute atomic E-state index is 0.510. The van der Waals surface area contributed by atoms with Gasteiger partial charge in [-0.3, -0.25) is 0 Å². The zero-order valence-corrected chi connectivity index (χ0v) is 7.16. The van der Waals surface area contributed by atoms with Crippen LogP contribution in [0.4, 0.5) is 0 Å². The Bertz CT molecular complexity index is 300. The molecule has 5 N–H and O–H groups in total. The normalized spacial score (nSPS) is 13.0. The first-order valence-electron chi connectivity index (χ1n) is 3.53. The molecule has 0 atom stereocenters. The zero-order valence-electron chi connectivity index (χ0n) is 7.16. The number of aliphatic hydroxyl groups is 5. The van der Waals surface area contributed by atoms with Crippen LogP contribution in [0.15, 0.2) is 6.33 Å². The molecule has 1 rings (SSSR count). The molecule has 1 aromatic heterocycles. The van der Waals surface area contributed by atoms with Crippen LogP contribution in [-0.4, -0.2) is 40.5 Å². The topological polar surface area (TPSA) is 140 Å². The van der Waals surface area contributed by atoms with Crippen LogP contribution in [0, 0.1) is 0 Å². The van der Waals surface area contributed by atoms with Gasteiger partial charge in [0.15, 0.2) is 5.82 Å². The third-order valence-corrected chi connectivity index (χ3v) is 1.30. The van der Waals surface area contributed by atoms with Crippen molar-refractivity contribution in [2.24, 2.45) is 0 Å². The lowest BCUT2D eigenvalue weighted by Crippen LogP contribution is -2.31. The molecule has 0 saturated heterocycles. The first kappa shape index (κ1) is 10.9. The third-order valence-electron chi connectivity index (χ3n) is 1.30. The summed E-state index contributed by atoms with van der Waals surface area (Å²) < 4.78 is 0. The van der Waals surface area contributed by atoms with Gasteiger partial charge in [-0.05, 0) is 6.92 Å². The first-order valence-corrected chi connectivity index (χ1v) is 3.53. The number of hydrogen-bond donors (Lipinski definition) is 5. The van der Waals surface area contributed by atoms with Crippen LogP contribution in [0.3, 0.4) is 0 Å². The van der Waals surface area contributed by atoms with E-state index in [0.29, 0.717) is 0 Å². The highest BCUT2D eigenvalue weighted by Crippen LogP contribution is 2.14. The average Bonchev–Trinajstić information content (AvgIpc) is 2.01. The van der Waals surface area contributed by atoms with Gasteiger partial charge in [-0.15, -0.1) is 0 Å². The fraction of sp³-hybridized carbons (Fsp3) is 0.500. The molecule has 0 aliphatic rings. The van der Waals surface area contributed by atoms with E-state index in [-0.39, 0.29) is 0 Å². The summed E-state index contributed by atoms with van der Waals surface area (Å²) in [7, 11) is 0. The molecule has 8 heteroatoms. The van der Waals surface area contributed by atoms with E-state index in [9.17, 15) is 0 Å². The van der Waals surface area contributed by atoms with Gasteiger partial charge in [-0.2, -0.15) is 0 Å². The zero-order chi connectivity index (χ0) is 11.0. The van der Waals surface area contributed by atoms with Crippen LogP contribution >= 0.6 is 0 Å². The summed E-state index contributed by atoms with van der Waals surface area (Å²) in [5.41, 5.74) is 0. The summed E-state index contributed by atoms with van der Waals surface area (Å²) in [6.07, 6.45) is 0.805. The van der Waals surface area contributed by atoms with E-state index in [1.807, 2.05) is 0 Å². The van der Waals surface area contributed by atoms with E-state index >= 15 is 0 Å². The smallest absolute Gasteiger partial charge is 0.340 e. The fourth-order valence-corrected chi connectivity index (χ4v) is 0.686. The monoisotopic (exact) mass is 203 g/mol. The van der Waals surface area contributed by atoms with Crippen molar-refractivity contribution in [1.82, 2.24) is 15.0 Å². The molecule has 1 aromatic rings. The van der Waals surface area contributed by atoms with Crippen molar-refractivity contribution in [3.63, 3.8) is 0 Å². The lowest BCUT2D eigenvalue weighted by Gasteiger charge is -2.16. The minimum Gasteiger partial charge on any atom is -0.360 e. The maximum Gasteiger partial charge on any atom is 0.340 e. The standard InChI is InChI=1S/C6H9N3O5/c1-5(10,11)3-7-2-8-4(9-3)6(12,13)14/h2,10-14H,1H3. The highest BCUT2D eigenvalue weighted by atomic mass is 16.7. The molecule has 1 heterocycles. The van der Waals surface area contributed by atoms with Crippen molar-refractivity contribution in [2.45, 2.75) is 18.7 Å². The summed E-state index contributed by atoms with van der Waals surface area (Å²) in [6.45, 7) is 0.972. The SMILES string of the molecule is CC(O)(O)c1ncnc(C(O)(O)O)n1. The molecular formula is C6H9N3O5. The average molecular weight is 203 g/mol. The summed E-state index contributed by atoms with van der Waals surface area (Å²) in [5.74, 6) is -6.88. The molecule has 0 saturated carbocycles. The predicted molar refractivity (Wildman–Crippen MR) is 40.0 cm³/mol. The molecule has 0 amide bonds. The van der Waals surface area contributed by atoms with Crippen LogP contribution in [0.25, 0.3) is 0 Å². The second-order valence-corrected chi connectivity index (χ2v) is 2.79. The lowest BCUT2D eigenvalue weighted by atomic mass is 10.3. The van der Waals surface area contributed by atoms with E-state index in [2.05, 4.69) is 15.0 Å². The third kappa shape index (κ3) is 2.40. The van der Waals surface area contributed by atoms with Gasteiger partial charge >= 0.3 is 5.97 Å². The van der Waals surface area contributed by atoms with E-state index < -0.39 is 23.4 Å². The Morgan fingerprint density at radius 1 is 1.00 bits per heavy atom. The number of nitrogens with zero attached hydrogens (tertiary/aromatic N) is 3. The maximum absolute atomic E-state index is 9.04. The summed E-state index contributed by atoms with van der Waals surface area (Å²) in [4.78, 5) is 9.84. The quantitative estimate of drug-likeness (QED) is 0.323. The van der Waals surface area contributed by atoms with Crippen molar-refractivity contribution in [3.05, 3.63) is 18.0 Å². The van der Waals surface area contributed by atoms with Crippen LogP contribution in [0.1, 0.15) is 18.6 Å². The Balaban J connectivity index is 3.15. The Morgan fingerprint density at radius 2 is 1.50 bits per heavy atom. The molecule has 0 aliphatic heterocycles. The van der Waals surface area contributed by atoms with Crippen molar-refractivity contribution in [3.8, 4) is 0 Å². The maximum atomic E-state index is 9.04. The second-order valence-electron chi connectivity index (χ2n) is 2.79. The Hall–Kier alpha value is -1.19. The van der Waals surface area contributed by atoms with Crippen LogP contribution < -0.4 is 0 Å². The predicted octanol–water partition coefficient (Wildman–Crippen LogP) is -2.88. The van der Waals surface area contributed by atoms with Crippen LogP contribution in [0.2, 0.25) is 0 Å². The van der Waals surface area contributed by atoms with Gasteiger partial charge in [0.2, 0.25) is 11.6 Å². The van der Waals surface area contributed by atoms with Crippen LogP contribution in [-0.2, 0) is 11.8 Å². The van der Waals surface area contributed by atoms with Gasteiger partial charge in [0.25, 0.3) is 0 Å².